The molecule has 3 aliphatic heterocycles. The van der Waals surface area contributed by atoms with Gasteiger partial charge >= 0.3 is 5.69 Å². The van der Waals surface area contributed by atoms with Gasteiger partial charge in [0.1, 0.15) is 22.4 Å². The molecule has 2 aliphatic carbocycles. The fraction of sp³-hybridized carbons (Fsp3) is 0.510. The standard InChI is InChI=1S/C51H62N8O9S/c1-32(2)38-7-4-5-8-39(38)40-9-6-10-42(40)58-30-51(31-58)18-21-57(22-19-51)35-11-12-41(44(24-35)68-45-23-34-15-20-52-46(34)55-49(45)67-36-28-66-29-36)48(60)56-69(64,65)37-25-43(59(62)63)47(54-27-37)53-26-33-13-16-50(3,61)17-14-33/h4-5,7-8,11-12,15,20,23-25,27,32-33,36,40,42,61H,6,9-10,13-14,16-19,21-22,26,28-31H2,1-3H3,(H,52,55)(H,53,54)(H,56,60)/t33?,40-,42-,50?/m0/s1. The highest BCUT2D eigenvalue weighted by molar-refractivity contribution is 7.90. The molecule has 10 rings (SSSR count). The molecule has 3 saturated heterocycles. The average molecular weight is 963 g/mol. The van der Waals surface area contributed by atoms with Gasteiger partial charge in [0.25, 0.3) is 21.8 Å². The monoisotopic (exact) mass is 962 g/mol. The quantitative estimate of drug-likeness (QED) is 0.0574. The molecule has 6 heterocycles. The lowest BCUT2D eigenvalue weighted by Crippen LogP contribution is -2.63. The summed E-state index contributed by atoms with van der Waals surface area (Å²) in [5.41, 5.74) is 3.23. The molecule has 5 fully saturated rings. The van der Waals surface area contributed by atoms with E-state index in [1.807, 2.05) is 6.07 Å². The van der Waals surface area contributed by atoms with E-state index in [1.165, 1.54) is 30.4 Å². The van der Waals surface area contributed by atoms with Crippen LogP contribution in [0.15, 0.2) is 78.0 Å². The van der Waals surface area contributed by atoms with E-state index in [0.29, 0.717) is 56.1 Å². The lowest BCUT2D eigenvalue weighted by molar-refractivity contribution is -0.384. The molecule has 1 amide bonds. The van der Waals surface area contributed by atoms with Gasteiger partial charge in [-0.15, -0.1) is 0 Å². The van der Waals surface area contributed by atoms with Gasteiger partial charge in [0, 0.05) is 68.2 Å². The number of benzene rings is 2. The van der Waals surface area contributed by atoms with Crippen LogP contribution in [0.25, 0.3) is 11.0 Å². The summed E-state index contributed by atoms with van der Waals surface area (Å²) in [5, 5.41) is 26.3. The van der Waals surface area contributed by atoms with E-state index < -0.39 is 37.0 Å². The number of sulfonamides is 1. The number of hydrogen-bond donors (Lipinski definition) is 4. The molecule has 5 aromatic rings. The molecule has 2 atom stereocenters. The van der Waals surface area contributed by atoms with E-state index in [4.69, 9.17) is 14.2 Å². The minimum Gasteiger partial charge on any atom is -0.467 e. The molecule has 0 unspecified atom stereocenters. The molecule has 17 nitrogen and oxygen atoms in total. The maximum Gasteiger partial charge on any atom is 0.312 e. The van der Waals surface area contributed by atoms with Crippen LogP contribution in [-0.4, -0.2) is 108 Å². The third-order valence-electron chi connectivity index (χ3n) is 15.3. The molecule has 2 aromatic carbocycles. The van der Waals surface area contributed by atoms with Gasteiger partial charge < -0.3 is 34.5 Å². The van der Waals surface area contributed by atoms with E-state index in [0.717, 1.165) is 75.2 Å². The Labute approximate surface area is 402 Å². The second-order valence-electron chi connectivity index (χ2n) is 20.6. The van der Waals surface area contributed by atoms with Crippen molar-refractivity contribution in [2.75, 3.05) is 56.2 Å². The third-order valence-corrected chi connectivity index (χ3v) is 16.6. The van der Waals surface area contributed by atoms with E-state index in [-0.39, 0.29) is 46.2 Å². The number of anilines is 2. The Hall–Kier alpha value is -5.82. The summed E-state index contributed by atoms with van der Waals surface area (Å²) in [6.07, 6.45) is 10.9. The number of carbonyl (C=O) groups excluding carboxylic acids is 1. The molecule has 0 radical (unpaired) electrons. The predicted octanol–water partition coefficient (Wildman–Crippen LogP) is 8.27. The number of carbonyl (C=O) groups is 1. The minimum atomic E-state index is -4.68. The summed E-state index contributed by atoms with van der Waals surface area (Å²) in [4.78, 5) is 42.1. The molecular formula is C51H62N8O9S. The number of ether oxygens (including phenoxy) is 3. The molecular weight excluding hydrogens is 901 g/mol. The highest BCUT2D eigenvalue weighted by Crippen LogP contribution is 2.49. The largest absolute Gasteiger partial charge is 0.467 e. The Bertz CT molecular complexity index is 2820. The summed E-state index contributed by atoms with van der Waals surface area (Å²) in [5.74, 6) is 0.579. The summed E-state index contributed by atoms with van der Waals surface area (Å²) in [6, 6.07) is 19.1. The first kappa shape index (κ1) is 46.9. The average Bonchev–Trinajstić information content (AvgIpc) is 3.98. The Morgan fingerprint density at radius 3 is 2.51 bits per heavy atom. The van der Waals surface area contributed by atoms with Crippen molar-refractivity contribution < 1.29 is 37.5 Å². The SMILES string of the molecule is CC(C)c1ccccc1[C@@H]1CCC[C@@H]1N1CC2(CCN(c3ccc(C(=O)NS(=O)(=O)c4cnc(NCC5CCC(C)(O)CC5)c([N+](=O)[O-])c4)c(Oc4cc5cc[nH]c5nc4OC4COC4)c3)CC2)C1. The van der Waals surface area contributed by atoms with Crippen molar-refractivity contribution in [3.05, 3.63) is 99.9 Å². The fourth-order valence-electron chi connectivity index (χ4n) is 11.2. The van der Waals surface area contributed by atoms with Gasteiger partial charge in [0.2, 0.25) is 5.82 Å². The van der Waals surface area contributed by atoms with Crippen LogP contribution in [0.5, 0.6) is 17.4 Å². The summed E-state index contributed by atoms with van der Waals surface area (Å²) < 4.78 is 48.0. The summed E-state index contributed by atoms with van der Waals surface area (Å²) in [7, 11) is -4.68. The number of aromatic amines is 1. The van der Waals surface area contributed by atoms with Crippen LogP contribution in [-0.2, 0) is 14.8 Å². The zero-order chi connectivity index (χ0) is 48.1. The second kappa shape index (κ2) is 18.8. The molecule has 69 heavy (non-hydrogen) atoms. The van der Waals surface area contributed by atoms with Crippen molar-refractivity contribution in [2.45, 2.75) is 113 Å². The minimum absolute atomic E-state index is 0.0727. The van der Waals surface area contributed by atoms with Gasteiger partial charge in [-0.2, -0.15) is 4.98 Å². The number of likely N-dealkylation sites (tertiary alicyclic amines) is 1. The number of nitro groups is 1. The molecule has 1 spiro atoms. The van der Waals surface area contributed by atoms with Gasteiger partial charge in [-0.05, 0) is 117 Å². The lowest BCUT2D eigenvalue weighted by Gasteiger charge is -2.57. The van der Waals surface area contributed by atoms with E-state index >= 15 is 0 Å². The number of amides is 1. The zero-order valence-corrected chi connectivity index (χ0v) is 40.3. The van der Waals surface area contributed by atoms with Crippen molar-refractivity contribution in [1.29, 1.82) is 0 Å². The van der Waals surface area contributed by atoms with Crippen molar-refractivity contribution in [1.82, 2.24) is 24.6 Å². The first-order chi connectivity index (χ1) is 33.1. The van der Waals surface area contributed by atoms with Gasteiger partial charge in [0.05, 0.1) is 35.5 Å². The lowest BCUT2D eigenvalue weighted by atomic mass is 9.70. The Balaban J connectivity index is 0.874. The molecule has 5 aliphatic rings. The van der Waals surface area contributed by atoms with E-state index in [1.54, 1.807) is 37.4 Å². The first-order valence-corrected chi connectivity index (χ1v) is 25.9. The number of pyridine rings is 2. The van der Waals surface area contributed by atoms with E-state index in [9.17, 15) is 28.4 Å². The van der Waals surface area contributed by atoms with Crippen LogP contribution in [0.4, 0.5) is 17.2 Å². The van der Waals surface area contributed by atoms with Crippen LogP contribution in [0.2, 0.25) is 0 Å². The van der Waals surface area contributed by atoms with Crippen LogP contribution in [0, 0.1) is 21.4 Å². The molecule has 2 saturated carbocycles. The molecule has 18 heteroatoms. The highest BCUT2D eigenvalue weighted by atomic mass is 32.2. The Morgan fingerprint density at radius 1 is 1.01 bits per heavy atom. The Kier molecular flexibility index (Phi) is 12.8. The van der Waals surface area contributed by atoms with Crippen molar-refractivity contribution in [2.24, 2.45) is 11.3 Å². The van der Waals surface area contributed by atoms with Gasteiger partial charge in [-0.25, -0.2) is 18.1 Å². The summed E-state index contributed by atoms with van der Waals surface area (Å²) >= 11 is 0. The number of fused-ring (bicyclic) bond motifs is 1. The summed E-state index contributed by atoms with van der Waals surface area (Å²) in [6.45, 7) is 11.3. The van der Waals surface area contributed by atoms with Crippen LogP contribution in [0.3, 0.4) is 0 Å². The van der Waals surface area contributed by atoms with Gasteiger partial charge in [0.15, 0.2) is 5.75 Å². The number of aromatic nitrogens is 3. The third kappa shape index (κ3) is 9.85. The normalized spacial score (nSPS) is 24.0. The number of piperidine rings is 1. The van der Waals surface area contributed by atoms with Crippen molar-refractivity contribution in [3.63, 3.8) is 0 Å². The number of H-pyrrole nitrogens is 1. The molecule has 366 valence electrons. The first-order valence-electron chi connectivity index (χ1n) is 24.4. The molecule has 0 bridgehead atoms. The highest BCUT2D eigenvalue weighted by Gasteiger charge is 2.49. The van der Waals surface area contributed by atoms with Crippen molar-refractivity contribution >= 4 is 44.2 Å². The van der Waals surface area contributed by atoms with E-state index in [2.05, 4.69) is 72.9 Å². The fourth-order valence-corrected chi connectivity index (χ4v) is 12.1. The van der Waals surface area contributed by atoms with Crippen LogP contribution in [0.1, 0.15) is 112 Å². The molecule has 3 aromatic heterocycles. The number of nitrogens with zero attached hydrogens (tertiary/aromatic N) is 5. The number of aliphatic hydroxyl groups is 1. The number of rotatable bonds is 15. The molecule has 4 N–H and O–H groups in total. The van der Waals surface area contributed by atoms with Gasteiger partial charge in [-0.3, -0.25) is 19.8 Å². The van der Waals surface area contributed by atoms with Gasteiger partial charge in [-0.1, -0.05) is 44.5 Å². The maximum absolute atomic E-state index is 14.2. The number of nitrogens with one attached hydrogen (secondary N) is 3. The predicted molar refractivity (Wildman–Crippen MR) is 261 cm³/mol. The maximum atomic E-state index is 14.2. The topological polar surface area (TPSA) is 214 Å². The smallest absolute Gasteiger partial charge is 0.312 e. The second-order valence-corrected chi connectivity index (χ2v) is 22.3. The zero-order valence-electron chi connectivity index (χ0n) is 39.5. The van der Waals surface area contributed by atoms with Crippen molar-refractivity contribution in [3.8, 4) is 17.4 Å². The van der Waals surface area contributed by atoms with Crippen LogP contribution >= 0.6 is 0 Å². The number of hydrogen-bond acceptors (Lipinski definition) is 14. The Morgan fingerprint density at radius 2 is 1.78 bits per heavy atom. The van der Waals surface area contributed by atoms with Crippen LogP contribution < -0.4 is 24.4 Å².